The number of rotatable bonds is 5. The van der Waals surface area contributed by atoms with Gasteiger partial charge in [0.1, 0.15) is 0 Å². The molecule has 2 rings (SSSR count). The van der Waals surface area contributed by atoms with Crippen molar-refractivity contribution in [2.45, 2.75) is 24.8 Å². The number of hydrazine groups is 1. The summed E-state index contributed by atoms with van der Waals surface area (Å²) in [6, 6.07) is 5.17. The summed E-state index contributed by atoms with van der Waals surface area (Å²) in [5.74, 6) is 0. The van der Waals surface area contributed by atoms with Crippen LogP contribution in [0.15, 0.2) is 23.1 Å². The Morgan fingerprint density at radius 1 is 1.19 bits per heavy atom. The van der Waals surface area contributed by atoms with Gasteiger partial charge in [0.15, 0.2) is 0 Å². The summed E-state index contributed by atoms with van der Waals surface area (Å²) in [6.07, 6.45) is 0.846. The predicted molar refractivity (Wildman–Crippen MR) is 83.1 cm³/mol. The highest BCUT2D eigenvalue weighted by atomic mass is 32.2. The lowest BCUT2D eigenvalue weighted by Gasteiger charge is -2.32. The fourth-order valence-corrected chi connectivity index (χ4v) is 3.60. The van der Waals surface area contributed by atoms with Crippen LogP contribution in [0.2, 0.25) is 0 Å². The van der Waals surface area contributed by atoms with Crippen LogP contribution in [0.1, 0.15) is 18.1 Å². The van der Waals surface area contributed by atoms with Gasteiger partial charge in [0.25, 0.3) is 10.0 Å². The van der Waals surface area contributed by atoms with Gasteiger partial charge in [0.2, 0.25) is 0 Å². The maximum Gasteiger partial charge on any atom is 0.253 e. The third-order valence-electron chi connectivity index (χ3n) is 3.84. The van der Waals surface area contributed by atoms with E-state index in [9.17, 15) is 8.42 Å². The van der Waals surface area contributed by atoms with Crippen LogP contribution in [0.25, 0.3) is 0 Å². The number of nitrogens with two attached hydrogens (primary N) is 1. The molecule has 1 fully saturated rings. The van der Waals surface area contributed by atoms with Gasteiger partial charge in [-0.1, -0.05) is 13.0 Å². The quantitative estimate of drug-likeness (QED) is 0.809. The SMILES string of the molecule is CCc1ccc(S(=O)(=O)NN2CCN(C)CC2)cc1CN. The molecule has 0 saturated carbocycles. The van der Waals surface area contributed by atoms with Gasteiger partial charge in [0.05, 0.1) is 4.90 Å². The van der Waals surface area contributed by atoms with E-state index in [0.29, 0.717) is 19.6 Å². The molecule has 1 heterocycles. The maximum absolute atomic E-state index is 12.4. The van der Waals surface area contributed by atoms with Crippen LogP contribution in [-0.4, -0.2) is 51.6 Å². The van der Waals surface area contributed by atoms with Gasteiger partial charge in [-0.25, -0.2) is 13.4 Å². The number of aryl methyl sites for hydroxylation is 1. The minimum absolute atomic E-state index is 0.277. The van der Waals surface area contributed by atoms with Crippen molar-refractivity contribution in [3.8, 4) is 0 Å². The summed E-state index contributed by atoms with van der Waals surface area (Å²) >= 11 is 0. The van der Waals surface area contributed by atoms with Crippen molar-refractivity contribution in [3.05, 3.63) is 29.3 Å². The second-order valence-electron chi connectivity index (χ2n) is 5.37. The molecule has 0 bridgehead atoms. The Balaban J connectivity index is 2.15. The minimum atomic E-state index is -3.53. The van der Waals surface area contributed by atoms with Crippen molar-refractivity contribution in [2.24, 2.45) is 5.73 Å². The van der Waals surface area contributed by atoms with Gasteiger partial charge in [-0.3, -0.25) is 0 Å². The summed E-state index contributed by atoms with van der Waals surface area (Å²) in [5, 5.41) is 1.76. The maximum atomic E-state index is 12.4. The van der Waals surface area contributed by atoms with Gasteiger partial charge in [-0.15, -0.1) is 4.83 Å². The first-order valence-corrected chi connectivity index (χ1v) is 8.72. The average Bonchev–Trinajstić information content (AvgIpc) is 2.48. The monoisotopic (exact) mass is 312 g/mol. The standard InChI is InChI=1S/C14H24N4O2S/c1-3-12-4-5-14(10-13(12)11-15)21(19,20)16-18-8-6-17(2)7-9-18/h4-5,10,16H,3,6-9,11,15H2,1-2H3. The van der Waals surface area contributed by atoms with E-state index in [1.807, 2.05) is 20.0 Å². The summed E-state index contributed by atoms with van der Waals surface area (Å²) in [7, 11) is -1.50. The molecule has 0 aliphatic carbocycles. The number of hydrogen-bond donors (Lipinski definition) is 2. The molecule has 118 valence electrons. The molecule has 0 radical (unpaired) electrons. The van der Waals surface area contributed by atoms with E-state index in [4.69, 9.17) is 5.73 Å². The number of benzene rings is 1. The zero-order valence-electron chi connectivity index (χ0n) is 12.7. The zero-order valence-corrected chi connectivity index (χ0v) is 13.5. The number of nitrogens with zero attached hydrogens (tertiary/aromatic N) is 2. The molecule has 0 unspecified atom stereocenters. The van der Waals surface area contributed by atoms with Crippen LogP contribution >= 0.6 is 0 Å². The lowest BCUT2D eigenvalue weighted by atomic mass is 10.1. The Hall–Kier alpha value is -0.990. The van der Waals surface area contributed by atoms with Crippen LogP contribution < -0.4 is 10.6 Å². The summed E-state index contributed by atoms with van der Waals surface area (Å²) in [5.41, 5.74) is 7.69. The Kier molecular flexibility index (Phi) is 5.34. The molecular formula is C14H24N4O2S. The van der Waals surface area contributed by atoms with Crippen LogP contribution in [0.4, 0.5) is 0 Å². The van der Waals surface area contributed by atoms with E-state index in [0.717, 1.165) is 30.6 Å². The highest BCUT2D eigenvalue weighted by Gasteiger charge is 2.21. The zero-order chi connectivity index (χ0) is 15.5. The van der Waals surface area contributed by atoms with Gasteiger partial charge < -0.3 is 10.6 Å². The largest absolute Gasteiger partial charge is 0.326 e. The molecule has 1 aromatic rings. The number of sulfonamides is 1. The molecule has 0 spiro atoms. The Labute approximate surface area is 126 Å². The third-order valence-corrected chi connectivity index (χ3v) is 5.21. The molecule has 3 N–H and O–H groups in total. The molecule has 7 heteroatoms. The van der Waals surface area contributed by atoms with E-state index in [2.05, 4.69) is 9.73 Å². The Morgan fingerprint density at radius 2 is 1.86 bits per heavy atom. The van der Waals surface area contributed by atoms with Crippen LogP contribution in [0, 0.1) is 0 Å². The Morgan fingerprint density at radius 3 is 2.43 bits per heavy atom. The van der Waals surface area contributed by atoms with Gasteiger partial charge >= 0.3 is 0 Å². The highest BCUT2D eigenvalue weighted by Crippen LogP contribution is 2.17. The molecule has 0 atom stereocenters. The fourth-order valence-electron chi connectivity index (χ4n) is 2.42. The van der Waals surface area contributed by atoms with Crippen molar-refractivity contribution in [1.29, 1.82) is 0 Å². The normalized spacial score (nSPS) is 18.0. The van der Waals surface area contributed by atoms with E-state index < -0.39 is 10.0 Å². The first kappa shape index (κ1) is 16.4. The summed E-state index contributed by atoms with van der Waals surface area (Å²) in [4.78, 5) is 5.11. The van der Waals surface area contributed by atoms with Crippen LogP contribution in [-0.2, 0) is 23.0 Å². The Bertz CT molecular complexity index is 581. The second kappa shape index (κ2) is 6.85. The van der Waals surface area contributed by atoms with Crippen LogP contribution in [0.3, 0.4) is 0 Å². The molecular weight excluding hydrogens is 288 g/mol. The van der Waals surface area contributed by atoms with Crippen LogP contribution in [0.5, 0.6) is 0 Å². The van der Waals surface area contributed by atoms with Gasteiger partial charge in [-0.2, -0.15) is 0 Å². The molecule has 1 aromatic carbocycles. The average molecular weight is 312 g/mol. The van der Waals surface area contributed by atoms with E-state index in [-0.39, 0.29) is 4.90 Å². The number of nitrogens with one attached hydrogen (secondary N) is 1. The lowest BCUT2D eigenvalue weighted by Crippen LogP contribution is -2.52. The topological polar surface area (TPSA) is 78.7 Å². The van der Waals surface area contributed by atoms with E-state index >= 15 is 0 Å². The number of piperazine rings is 1. The molecule has 1 aliphatic rings. The molecule has 21 heavy (non-hydrogen) atoms. The fraction of sp³-hybridized carbons (Fsp3) is 0.571. The summed E-state index contributed by atoms with van der Waals surface area (Å²) in [6.45, 7) is 5.46. The van der Waals surface area contributed by atoms with Crippen molar-refractivity contribution in [1.82, 2.24) is 14.7 Å². The first-order valence-electron chi connectivity index (χ1n) is 7.24. The lowest BCUT2D eigenvalue weighted by molar-refractivity contribution is 0.135. The van der Waals surface area contributed by atoms with Crippen molar-refractivity contribution in [3.63, 3.8) is 0 Å². The third kappa shape index (κ3) is 4.02. The molecule has 0 amide bonds. The number of hydrogen-bond acceptors (Lipinski definition) is 5. The van der Waals surface area contributed by atoms with Gasteiger partial charge in [0, 0.05) is 32.7 Å². The second-order valence-corrected chi connectivity index (χ2v) is 7.03. The molecule has 0 aromatic heterocycles. The van der Waals surface area contributed by atoms with Crippen molar-refractivity contribution >= 4 is 10.0 Å². The smallest absolute Gasteiger partial charge is 0.253 e. The number of likely N-dealkylation sites (N-methyl/N-ethyl adjacent to an activating group) is 1. The highest BCUT2D eigenvalue weighted by molar-refractivity contribution is 7.89. The van der Waals surface area contributed by atoms with Gasteiger partial charge in [-0.05, 0) is 36.7 Å². The van der Waals surface area contributed by atoms with Crippen molar-refractivity contribution < 1.29 is 8.42 Å². The molecule has 1 saturated heterocycles. The molecule has 6 nitrogen and oxygen atoms in total. The van der Waals surface area contributed by atoms with E-state index in [1.165, 1.54) is 0 Å². The van der Waals surface area contributed by atoms with Crippen molar-refractivity contribution in [2.75, 3.05) is 33.2 Å². The molecule has 1 aliphatic heterocycles. The predicted octanol–water partition coefficient (Wildman–Crippen LogP) is 0.148. The summed E-state index contributed by atoms with van der Waals surface area (Å²) < 4.78 is 24.9. The minimum Gasteiger partial charge on any atom is -0.326 e. The van der Waals surface area contributed by atoms with E-state index in [1.54, 1.807) is 17.1 Å². The first-order chi connectivity index (χ1) is 9.96.